The van der Waals surface area contributed by atoms with Gasteiger partial charge < -0.3 is 29.0 Å². The molecule has 0 spiro atoms. The van der Waals surface area contributed by atoms with Gasteiger partial charge in [-0.05, 0) is 70.2 Å². The molecule has 0 aromatic heterocycles. The Kier molecular flexibility index (Phi) is 8.52. The third-order valence-electron chi connectivity index (χ3n) is 8.83. The number of ether oxygens (including phenoxy) is 4. The van der Waals surface area contributed by atoms with E-state index in [4.69, 9.17) is 18.9 Å². The summed E-state index contributed by atoms with van der Waals surface area (Å²) >= 11 is 0. The van der Waals surface area contributed by atoms with E-state index in [0.717, 1.165) is 24.0 Å². The fourth-order valence-corrected chi connectivity index (χ4v) is 6.78. The van der Waals surface area contributed by atoms with Crippen LogP contribution in [0, 0.1) is 11.8 Å². The Morgan fingerprint density at radius 1 is 1.12 bits per heavy atom. The van der Waals surface area contributed by atoms with Gasteiger partial charge in [-0.25, -0.2) is 4.79 Å². The number of aliphatic hydroxyl groups excluding tert-OH is 1. The molecule has 2 fully saturated rings. The highest BCUT2D eigenvalue weighted by atomic mass is 16.7. The molecule has 0 radical (unpaired) electrons. The van der Waals surface area contributed by atoms with Gasteiger partial charge in [0, 0.05) is 18.9 Å². The number of hydrogen-bond donors (Lipinski definition) is 1. The van der Waals surface area contributed by atoms with Crippen molar-refractivity contribution in [2.24, 2.45) is 11.8 Å². The third-order valence-corrected chi connectivity index (χ3v) is 8.83. The second kappa shape index (κ2) is 11.8. The summed E-state index contributed by atoms with van der Waals surface area (Å²) in [5, 5.41) is 12.4. The van der Waals surface area contributed by atoms with Crippen LogP contribution in [0.15, 0.2) is 66.7 Å². The van der Waals surface area contributed by atoms with Gasteiger partial charge in [0.2, 0.25) is 5.91 Å². The summed E-state index contributed by atoms with van der Waals surface area (Å²) in [6, 6.07) is 17.1. The predicted molar refractivity (Wildman–Crippen MR) is 157 cm³/mol. The molecule has 1 N–H and O–H groups in total. The highest BCUT2D eigenvalue weighted by Crippen LogP contribution is 2.57. The van der Waals surface area contributed by atoms with E-state index in [2.05, 4.69) is 0 Å². The number of hydrogen-bond acceptors (Lipinski definition) is 7. The molecule has 6 atom stereocenters. The largest absolute Gasteiger partial charge is 0.497 e. The number of carbonyl (C=O) groups is 2. The van der Waals surface area contributed by atoms with Crippen molar-refractivity contribution < 1.29 is 33.6 Å². The number of nitrogens with zero attached hydrogens (tertiary/aromatic N) is 1. The number of allylic oxidation sites excluding steroid dienone is 1. The van der Waals surface area contributed by atoms with Crippen LogP contribution in [0.5, 0.6) is 5.75 Å². The minimum atomic E-state index is -1.82. The highest BCUT2D eigenvalue weighted by molar-refractivity contribution is 5.97. The van der Waals surface area contributed by atoms with Crippen LogP contribution in [0.25, 0.3) is 0 Å². The monoisotopic (exact) mass is 577 g/mol. The maximum atomic E-state index is 14.6. The van der Waals surface area contributed by atoms with Crippen molar-refractivity contribution in [2.75, 3.05) is 7.11 Å². The summed E-state index contributed by atoms with van der Waals surface area (Å²) in [5.41, 5.74) is -2.33. The lowest BCUT2D eigenvalue weighted by atomic mass is 9.68. The molecule has 2 aliphatic heterocycles. The van der Waals surface area contributed by atoms with Gasteiger partial charge in [0.1, 0.15) is 17.0 Å². The van der Waals surface area contributed by atoms with E-state index in [9.17, 15) is 14.7 Å². The summed E-state index contributed by atoms with van der Waals surface area (Å²) in [6.45, 7) is 7.53. The molecule has 42 heavy (non-hydrogen) atoms. The van der Waals surface area contributed by atoms with Gasteiger partial charge in [-0.15, -0.1) is 0 Å². The van der Waals surface area contributed by atoms with Gasteiger partial charge in [0.05, 0.1) is 25.7 Å². The van der Waals surface area contributed by atoms with Crippen LogP contribution in [-0.2, 0) is 37.0 Å². The zero-order chi connectivity index (χ0) is 30.1. The fourth-order valence-electron chi connectivity index (χ4n) is 6.78. The van der Waals surface area contributed by atoms with Gasteiger partial charge in [-0.1, -0.05) is 54.6 Å². The number of amides is 1. The molecule has 3 aliphatic rings. The molecule has 2 aromatic rings. The second-order valence-corrected chi connectivity index (χ2v) is 12.7. The number of likely N-dealkylation sites (tertiary alicyclic amines) is 1. The zero-order valence-electron chi connectivity index (χ0n) is 25.2. The molecule has 2 aromatic carbocycles. The Hall–Kier alpha value is -3.20. The number of fused-ring (bicyclic) bond motifs is 1. The van der Waals surface area contributed by atoms with Crippen molar-refractivity contribution in [1.82, 2.24) is 4.90 Å². The van der Waals surface area contributed by atoms with Crippen LogP contribution < -0.4 is 4.74 Å². The number of methoxy groups -OCH3 is 1. The molecule has 1 aliphatic carbocycles. The van der Waals surface area contributed by atoms with Gasteiger partial charge >= 0.3 is 5.97 Å². The molecule has 226 valence electrons. The average molecular weight is 578 g/mol. The molecule has 8 heteroatoms. The summed E-state index contributed by atoms with van der Waals surface area (Å²) in [6.07, 6.45) is 4.72. The molecule has 0 unspecified atom stereocenters. The van der Waals surface area contributed by atoms with Crippen LogP contribution in [0.1, 0.15) is 64.5 Å². The topological polar surface area (TPSA) is 94.5 Å². The van der Waals surface area contributed by atoms with Gasteiger partial charge in [-0.3, -0.25) is 4.79 Å². The first-order chi connectivity index (χ1) is 20.0. The van der Waals surface area contributed by atoms with Crippen LogP contribution >= 0.6 is 0 Å². The molecule has 2 saturated heterocycles. The maximum Gasteiger partial charge on any atom is 0.338 e. The van der Waals surface area contributed by atoms with E-state index in [1.807, 2.05) is 66.7 Å². The smallest absolute Gasteiger partial charge is 0.338 e. The van der Waals surface area contributed by atoms with E-state index < -0.39 is 41.0 Å². The van der Waals surface area contributed by atoms with Crippen LogP contribution in [-0.4, -0.2) is 58.1 Å². The standard InChI is InChI=1S/C34H43NO7/c1-32(2,3)42-31(38)34(29(36)25-14-10-7-11-15-25)33(4)27(20-28(41-33)40-22-24-12-8-6-9-13-24)30(37)35(34)21-23-16-18-26(39-5)19-17-23/h6,8-10,12-14,16-19,25,27-29,36H,7,11,15,20-22H2,1-5H3/t25-,27-,28+,29-,33-,34-/m0/s1. The number of carbonyl (C=O) groups excluding carboxylic acids is 2. The average Bonchev–Trinajstić information content (AvgIpc) is 3.40. The molecule has 5 rings (SSSR count). The van der Waals surface area contributed by atoms with Gasteiger partial charge in [0.15, 0.2) is 11.8 Å². The molecule has 8 nitrogen and oxygen atoms in total. The first-order valence-corrected chi connectivity index (χ1v) is 14.9. The van der Waals surface area contributed by atoms with E-state index in [1.54, 1.807) is 34.8 Å². The summed E-state index contributed by atoms with van der Waals surface area (Å²) < 4.78 is 24.2. The Morgan fingerprint density at radius 2 is 1.83 bits per heavy atom. The van der Waals surface area contributed by atoms with E-state index >= 15 is 0 Å². The summed E-state index contributed by atoms with van der Waals surface area (Å²) in [7, 11) is 1.59. The lowest BCUT2D eigenvalue weighted by molar-refractivity contribution is -0.234. The first-order valence-electron chi connectivity index (χ1n) is 14.9. The van der Waals surface area contributed by atoms with Crippen molar-refractivity contribution >= 4 is 11.9 Å². The second-order valence-electron chi connectivity index (χ2n) is 12.7. The normalized spacial score (nSPS) is 29.8. The predicted octanol–water partition coefficient (Wildman–Crippen LogP) is 5.17. The van der Waals surface area contributed by atoms with Crippen molar-refractivity contribution in [3.63, 3.8) is 0 Å². The quantitative estimate of drug-likeness (QED) is 0.325. The molecule has 2 heterocycles. The van der Waals surface area contributed by atoms with Crippen LogP contribution in [0.4, 0.5) is 0 Å². The van der Waals surface area contributed by atoms with Gasteiger partial charge in [0.25, 0.3) is 0 Å². The van der Waals surface area contributed by atoms with E-state index in [0.29, 0.717) is 18.8 Å². The number of esters is 1. The molecular weight excluding hydrogens is 534 g/mol. The molecular formula is C34H43NO7. The SMILES string of the molecule is COc1ccc(CN2C(=O)[C@@H]3C[C@H](OCc4ccccc4)O[C@]3(C)[C@@]2(C(=O)OC(C)(C)C)[C@@H](O)[C@H]2C=CCCC2)cc1. The zero-order valence-corrected chi connectivity index (χ0v) is 25.2. The van der Waals surface area contributed by atoms with Crippen LogP contribution in [0.3, 0.4) is 0 Å². The Morgan fingerprint density at radius 3 is 2.45 bits per heavy atom. The minimum absolute atomic E-state index is 0.0978. The summed E-state index contributed by atoms with van der Waals surface area (Å²) in [5.74, 6) is -1.32. The third kappa shape index (κ3) is 5.48. The van der Waals surface area contributed by atoms with Crippen molar-refractivity contribution in [2.45, 2.75) is 95.7 Å². The Balaban J connectivity index is 1.58. The molecule has 1 amide bonds. The van der Waals surface area contributed by atoms with E-state index in [1.165, 1.54) is 4.90 Å². The van der Waals surface area contributed by atoms with E-state index in [-0.39, 0.29) is 24.8 Å². The van der Waals surface area contributed by atoms with Crippen molar-refractivity contribution in [1.29, 1.82) is 0 Å². The van der Waals surface area contributed by atoms with Gasteiger partial charge in [-0.2, -0.15) is 0 Å². The number of aliphatic hydroxyl groups is 1. The minimum Gasteiger partial charge on any atom is -0.497 e. The van der Waals surface area contributed by atoms with Crippen LogP contribution in [0.2, 0.25) is 0 Å². The fraction of sp³-hybridized carbons (Fsp3) is 0.529. The summed E-state index contributed by atoms with van der Waals surface area (Å²) in [4.78, 5) is 30.6. The maximum absolute atomic E-state index is 14.6. The number of benzene rings is 2. The first kappa shape index (κ1) is 30.3. The number of rotatable bonds is 9. The highest BCUT2D eigenvalue weighted by Gasteiger charge is 2.78. The molecule has 0 saturated carbocycles. The van der Waals surface area contributed by atoms with Crippen molar-refractivity contribution in [3.8, 4) is 5.75 Å². The Labute approximate surface area is 248 Å². The lowest BCUT2D eigenvalue weighted by Crippen LogP contribution is -2.72. The van der Waals surface area contributed by atoms with Crippen molar-refractivity contribution in [3.05, 3.63) is 77.9 Å². The lowest BCUT2D eigenvalue weighted by Gasteiger charge is -2.50. The molecule has 0 bridgehead atoms. The Bertz CT molecular complexity index is 1290.